The van der Waals surface area contributed by atoms with Crippen LogP contribution in [0.4, 0.5) is 0 Å². The van der Waals surface area contributed by atoms with Crippen molar-refractivity contribution in [2.45, 2.75) is 32.4 Å². The minimum atomic E-state index is -0.466. The van der Waals surface area contributed by atoms with E-state index in [4.69, 9.17) is 9.72 Å². The molecule has 1 aromatic heterocycles. The molecule has 0 amide bonds. The summed E-state index contributed by atoms with van der Waals surface area (Å²) in [5, 5.41) is 12.9. The second-order valence-electron chi connectivity index (χ2n) is 6.23. The Morgan fingerprint density at radius 3 is 2.57 bits per heavy atom. The van der Waals surface area contributed by atoms with E-state index in [2.05, 4.69) is 48.4 Å². The van der Waals surface area contributed by atoms with Gasteiger partial charge in [0.15, 0.2) is 0 Å². The highest BCUT2D eigenvalue weighted by molar-refractivity contribution is 7.13. The molecule has 1 unspecified atom stereocenters. The Labute approximate surface area is 142 Å². The standard InChI is InChI=1S/C18H26N2O2S/c1-13(2)14-5-7-15(8-6-14)18-19-16(12-23-18)9-20(3)10-17(21)11-22-4/h5-8,12-13,17,21H,9-11H2,1-4H3. The Morgan fingerprint density at radius 2 is 1.96 bits per heavy atom. The van der Waals surface area contributed by atoms with E-state index in [-0.39, 0.29) is 0 Å². The van der Waals surface area contributed by atoms with E-state index < -0.39 is 6.10 Å². The largest absolute Gasteiger partial charge is 0.389 e. The summed E-state index contributed by atoms with van der Waals surface area (Å²) in [5.41, 5.74) is 3.54. The number of hydrogen-bond donors (Lipinski definition) is 1. The maximum Gasteiger partial charge on any atom is 0.123 e. The summed E-state index contributed by atoms with van der Waals surface area (Å²) in [6.45, 7) is 6.05. The van der Waals surface area contributed by atoms with Crippen LogP contribution in [0, 0.1) is 0 Å². The highest BCUT2D eigenvalue weighted by atomic mass is 32.1. The van der Waals surface area contributed by atoms with Crippen molar-refractivity contribution in [3.63, 3.8) is 0 Å². The van der Waals surface area contributed by atoms with Crippen molar-refractivity contribution in [2.75, 3.05) is 27.3 Å². The average molecular weight is 334 g/mol. The summed E-state index contributed by atoms with van der Waals surface area (Å²) in [6.07, 6.45) is -0.466. The van der Waals surface area contributed by atoms with E-state index in [0.29, 0.717) is 19.1 Å². The van der Waals surface area contributed by atoms with Crippen molar-refractivity contribution in [2.24, 2.45) is 0 Å². The monoisotopic (exact) mass is 334 g/mol. The molecule has 1 N–H and O–H groups in total. The molecule has 4 nitrogen and oxygen atoms in total. The molecule has 0 bridgehead atoms. The third-order valence-electron chi connectivity index (χ3n) is 3.69. The number of thiazole rings is 1. The number of nitrogens with zero attached hydrogens (tertiary/aromatic N) is 2. The normalized spacial score (nSPS) is 13.0. The van der Waals surface area contributed by atoms with Gasteiger partial charge in [0, 0.05) is 31.1 Å². The molecule has 0 saturated heterocycles. The van der Waals surface area contributed by atoms with Gasteiger partial charge in [0.1, 0.15) is 5.01 Å². The summed E-state index contributed by atoms with van der Waals surface area (Å²) in [5.74, 6) is 0.545. The van der Waals surface area contributed by atoms with Crippen LogP contribution in [0.15, 0.2) is 29.6 Å². The molecule has 5 heteroatoms. The second-order valence-corrected chi connectivity index (χ2v) is 7.08. The highest BCUT2D eigenvalue weighted by Gasteiger charge is 2.11. The van der Waals surface area contributed by atoms with Crippen LogP contribution in [0.5, 0.6) is 0 Å². The lowest BCUT2D eigenvalue weighted by Crippen LogP contribution is -2.31. The second kappa shape index (κ2) is 8.55. The smallest absolute Gasteiger partial charge is 0.123 e. The summed E-state index contributed by atoms with van der Waals surface area (Å²) >= 11 is 1.66. The summed E-state index contributed by atoms with van der Waals surface area (Å²) in [7, 11) is 3.58. The maximum absolute atomic E-state index is 9.77. The van der Waals surface area contributed by atoms with Gasteiger partial charge in [-0.1, -0.05) is 38.1 Å². The molecule has 0 radical (unpaired) electrons. The number of aliphatic hydroxyl groups is 1. The van der Waals surface area contributed by atoms with Gasteiger partial charge in [-0.15, -0.1) is 11.3 Å². The van der Waals surface area contributed by atoms with Crippen LogP contribution >= 0.6 is 11.3 Å². The minimum absolute atomic E-state index is 0.356. The van der Waals surface area contributed by atoms with E-state index >= 15 is 0 Å². The number of aliphatic hydroxyl groups excluding tert-OH is 1. The third kappa shape index (κ3) is 5.39. The minimum Gasteiger partial charge on any atom is -0.389 e. The van der Waals surface area contributed by atoms with Crippen LogP contribution in [0.1, 0.15) is 31.0 Å². The first-order valence-corrected chi connectivity index (χ1v) is 8.77. The first-order valence-electron chi connectivity index (χ1n) is 7.90. The lowest BCUT2D eigenvalue weighted by molar-refractivity contribution is 0.0417. The quantitative estimate of drug-likeness (QED) is 0.804. The van der Waals surface area contributed by atoms with Gasteiger partial charge >= 0.3 is 0 Å². The maximum atomic E-state index is 9.77. The van der Waals surface area contributed by atoms with Gasteiger partial charge in [-0.05, 0) is 18.5 Å². The van der Waals surface area contributed by atoms with Crippen molar-refractivity contribution < 1.29 is 9.84 Å². The molecular formula is C18H26N2O2S. The molecule has 1 heterocycles. The van der Waals surface area contributed by atoms with E-state index in [1.165, 1.54) is 5.56 Å². The lowest BCUT2D eigenvalue weighted by atomic mass is 10.0. The lowest BCUT2D eigenvalue weighted by Gasteiger charge is -2.18. The fourth-order valence-corrected chi connectivity index (χ4v) is 3.29. The van der Waals surface area contributed by atoms with Crippen molar-refractivity contribution >= 4 is 11.3 Å². The zero-order valence-electron chi connectivity index (χ0n) is 14.3. The van der Waals surface area contributed by atoms with Crippen LogP contribution in [0.3, 0.4) is 0 Å². The number of rotatable bonds is 8. The predicted molar refractivity (Wildman–Crippen MR) is 95.9 cm³/mol. The summed E-state index contributed by atoms with van der Waals surface area (Å²) < 4.78 is 4.95. The van der Waals surface area contributed by atoms with Crippen LogP contribution in [0.25, 0.3) is 10.6 Å². The number of aromatic nitrogens is 1. The Kier molecular flexibility index (Phi) is 6.72. The molecule has 23 heavy (non-hydrogen) atoms. The third-order valence-corrected chi connectivity index (χ3v) is 4.63. The highest BCUT2D eigenvalue weighted by Crippen LogP contribution is 2.26. The first-order chi connectivity index (χ1) is 11.0. The molecule has 0 spiro atoms. The molecule has 0 aliphatic carbocycles. The molecule has 0 aliphatic rings. The Balaban J connectivity index is 1.97. The number of ether oxygens (including phenoxy) is 1. The zero-order chi connectivity index (χ0) is 16.8. The number of hydrogen-bond acceptors (Lipinski definition) is 5. The van der Waals surface area contributed by atoms with Gasteiger partial charge in [0.25, 0.3) is 0 Å². The van der Waals surface area contributed by atoms with Gasteiger partial charge in [0.2, 0.25) is 0 Å². The Hall–Kier alpha value is -1.27. The van der Waals surface area contributed by atoms with Crippen LogP contribution in [0.2, 0.25) is 0 Å². The molecule has 2 rings (SSSR count). The summed E-state index contributed by atoms with van der Waals surface area (Å²) in [4.78, 5) is 6.77. The molecule has 126 valence electrons. The first kappa shape index (κ1) is 18.1. The van der Waals surface area contributed by atoms with Gasteiger partial charge in [-0.3, -0.25) is 4.90 Å². The zero-order valence-corrected chi connectivity index (χ0v) is 15.1. The van der Waals surface area contributed by atoms with E-state index in [0.717, 1.165) is 22.8 Å². The fourth-order valence-electron chi connectivity index (χ4n) is 2.47. The van der Waals surface area contributed by atoms with Gasteiger partial charge < -0.3 is 9.84 Å². The molecule has 2 aromatic rings. The van der Waals surface area contributed by atoms with E-state index in [9.17, 15) is 5.11 Å². The van der Waals surface area contributed by atoms with E-state index in [1.807, 2.05) is 7.05 Å². The molecule has 1 atom stereocenters. The van der Waals surface area contributed by atoms with Gasteiger partial charge in [0.05, 0.1) is 18.4 Å². The van der Waals surface area contributed by atoms with Crippen molar-refractivity contribution in [3.8, 4) is 10.6 Å². The average Bonchev–Trinajstić information content (AvgIpc) is 2.95. The Morgan fingerprint density at radius 1 is 1.26 bits per heavy atom. The van der Waals surface area contributed by atoms with Crippen LogP contribution < -0.4 is 0 Å². The predicted octanol–water partition coefficient (Wildman–Crippen LogP) is 3.37. The molecule has 0 aliphatic heterocycles. The van der Waals surface area contributed by atoms with Crippen molar-refractivity contribution in [3.05, 3.63) is 40.9 Å². The van der Waals surface area contributed by atoms with E-state index in [1.54, 1.807) is 18.4 Å². The molecule has 0 saturated carbocycles. The number of methoxy groups -OCH3 is 1. The Bertz CT molecular complexity index is 595. The van der Waals surface area contributed by atoms with Gasteiger partial charge in [-0.25, -0.2) is 4.98 Å². The number of likely N-dealkylation sites (N-methyl/N-ethyl adjacent to an activating group) is 1. The fraction of sp³-hybridized carbons (Fsp3) is 0.500. The molecular weight excluding hydrogens is 308 g/mol. The molecule has 0 fully saturated rings. The summed E-state index contributed by atoms with van der Waals surface area (Å²) in [6, 6.07) is 8.64. The van der Waals surface area contributed by atoms with Crippen LogP contribution in [-0.4, -0.2) is 48.4 Å². The topological polar surface area (TPSA) is 45.6 Å². The number of benzene rings is 1. The SMILES string of the molecule is COCC(O)CN(C)Cc1csc(-c2ccc(C(C)C)cc2)n1. The molecule has 1 aromatic carbocycles. The van der Waals surface area contributed by atoms with Crippen LogP contribution in [-0.2, 0) is 11.3 Å². The van der Waals surface area contributed by atoms with Gasteiger partial charge in [-0.2, -0.15) is 0 Å². The van der Waals surface area contributed by atoms with Crippen molar-refractivity contribution in [1.82, 2.24) is 9.88 Å². The van der Waals surface area contributed by atoms with Crippen molar-refractivity contribution in [1.29, 1.82) is 0 Å².